The first-order valence-corrected chi connectivity index (χ1v) is 22.0. The summed E-state index contributed by atoms with van der Waals surface area (Å²) in [6.45, 7) is 7.72. The molecular weight excluding hydrogens is 755 g/mol. The molecule has 0 atom stereocenters. The van der Waals surface area contributed by atoms with Gasteiger partial charge in [0.25, 0.3) is 0 Å². The highest BCUT2D eigenvalue weighted by atomic mass is 32.2. The van der Waals surface area contributed by atoms with E-state index in [4.69, 9.17) is 14.7 Å². The molecule has 0 unspecified atom stereocenters. The van der Waals surface area contributed by atoms with E-state index in [1.807, 2.05) is 32.9 Å². The number of aromatic nitrogens is 4. The van der Waals surface area contributed by atoms with Crippen LogP contribution in [0, 0.1) is 24.5 Å². The third kappa shape index (κ3) is 9.04. The second-order valence-electron chi connectivity index (χ2n) is 13.8. The first-order chi connectivity index (χ1) is 25.6. The number of pyridine rings is 1. The number of ether oxygens (including phenoxy) is 1. The lowest BCUT2D eigenvalue weighted by atomic mass is 9.93. The Kier molecular flexibility index (Phi) is 11.6. The van der Waals surface area contributed by atoms with Gasteiger partial charge in [0, 0.05) is 55.0 Å². The van der Waals surface area contributed by atoms with Crippen LogP contribution in [0.2, 0.25) is 0 Å². The first-order valence-electron chi connectivity index (χ1n) is 17.5. The molecule has 5 aromatic rings. The number of sulfone groups is 2. The van der Waals surface area contributed by atoms with Crippen molar-refractivity contribution in [3.05, 3.63) is 88.8 Å². The van der Waals surface area contributed by atoms with E-state index in [1.165, 1.54) is 23.8 Å². The van der Waals surface area contributed by atoms with Crippen molar-refractivity contribution in [2.75, 3.05) is 42.4 Å². The highest BCUT2D eigenvalue weighted by Gasteiger charge is 2.27. The summed E-state index contributed by atoms with van der Waals surface area (Å²) in [4.78, 5) is 20.5. The number of nitrogens with one attached hydrogen (secondary N) is 1. The average Bonchev–Trinajstić information content (AvgIpc) is 3.57. The fourth-order valence-electron chi connectivity index (χ4n) is 6.50. The van der Waals surface area contributed by atoms with Gasteiger partial charge in [0.2, 0.25) is 5.95 Å². The molecule has 286 valence electrons. The van der Waals surface area contributed by atoms with Crippen LogP contribution < -0.4 is 15.0 Å². The van der Waals surface area contributed by atoms with Crippen molar-refractivity contribution < 1.29 is 30.4 Å². The summed E-state index contributed by atoms with van der Waals surface area (Å²) < 4.78 is 84.1. The Hall–Kier alpha value is -4.54. The van der Waals surface area contributed by atoms with E-state index in [2.05, 4.69) is 20.2 Å². The number of benzene rings is 2. The summed E-state index contributed by atoms with van der Waals surface area (Å²) in [5.41, 5.74) is 4.57. The minimum Gasteiger partial charge on any atom is -0.494 e. The molecule has 6 rings (SSSR count). The molecule has 0 aliphatic carbocycles. The van der Waals surface area contributed by atoms with E-state index >= 15 is 0 Å². The molecule has 16 heteroatoms. The fraction of sp³-hybridized carbons (Fsp3) is 0.368. The van der Waals surface area contributed by atoms with Crippen LogP contribution in [-0.4, -0.2) is 69.0 Å². The number of rotatable bonds is 13. The van der Waals surface area contributed by atoms with E-state index in [0.717, 1.165) is 65.3 Å². The zero-order valence-electron chi connectivity index (χ0n) is 30.6. The van der Waals surface area contributed by atoms with Crippen molar-refractivity contribution in [2.24, 2.45) is 5.92 Å². The van der Waals surface area contributed by atoms with Crippen molar-refractivity contribution in [1.29, 1.82) is 0 Å². The van der Waals surface area contributed by atoms with Crippen LogP contribution in [0.15, 0.2) is 65.8 Å². The van der Waals surface area contributed by atoms with Crippen LogP contribution in [0.5, 0.6) is 5.75 Å². The van der Waals surface area contributed by atoms with Gasteiger partial charge in [-0.05, 0) is 74.1 Å². The van der Waals surface area contributed by atoms with Gasteiger partial charge >= 0.3 is 0 Å². The zero-order valence-corrected chi connectivity index (χ0v) is 33.1. The van der Waals surface area contributed by atoms with Crippen LogP contribution >= 0.6 is 11.3 Å². The van der Waals surface area contributed by atoms with E-state index < -0.39 is 42.0 Å². The van der Waals surface area contributed by atoms with E-state index in [1.54, 1.807) is 31.5 Å². The molecule has 0 saturated carbocycles. The normalized spacial score (nSPS) is 14.1. The molecule has 0 radical (unpaired) electrons. The van der Waals surface area contributed by atoms with Crippen LogP contribution in [0.25, 0.3) is 21.8 Å². The third-order valence-corrected chi connectivity index (χ3v) is 13.3. The third-order valence-electron chi connectivity index (χ3n) is 9.30. The van der Waals surface area contributed by atoms with Crippen molar-refractivity contribution >= 4 is 48.3 Å². The SMILES string of the molecule is COc1cc(N2CCC(CCS(C)(=O)=O)CC2)c(C)cc1Nc1nccc(-c2sc(C(C)C)nc2-c2ccnc(CS(=O)(=O)c3c(F)cccc3F)c2)n1. The van der Waals surface area contributed by atoms with Gasteiger partial charge in [0.1, 0.15) is 32.1 Å². The quantitative estimate of drug-likeness (QED) is 0.125. The summed E-state index contributed by atoms with van der Waals surface area (Å²) in [5, 5.41) is 4.15. The van der Waals surface area contributed by atoms with Gasteiger partial charge in [-0.3, -0.25) is 4.98 Å². The van der Waals surface area contributed by atoms with Gasteiger partial charge in [-0.15, -0.1) is 11.3 Å². The number of anilines is 3. The Morgan fingerprint density at radius 3 is 2.35 bits per heavy atom. The number of piperidine rings is 1. The summed E-state index contributed by atoms with van der Waals surface area (Å²) >= 11 is 1.46. The molecule has 3 aromatic heterocycles. The number of nitrogens with zero attached hydrogens (tertiary/aromatic N) is 5. The molecule has 1 aliphatic rings. The van der Waals surface area contributed by atoms with Gasteiger partial charge in [0.15, 0.2) is 9.84 Å². The Bertz CT molecular complexity index is 2360. The summed E-state index contributed by atoms with van der Waals surface area (Å²) in [6, 6.07) is 12.0. The van der Waals surface area contributed by atoms with Crippen molar-refractivity contribution in [3.8, 4) is 27.6 Å². The molecule has 54 heavy (non-hydrogen) atoms. The van der Waals surface area contributed by atoms with Gasteiger partial charge in [-0.25, -0.2) is 40.6 Å². The van der Waals surface area contributed by atoms with Crippen molar-refractivity contribution in [3.63, 3.8) is 0 Å². The Morgan fingerprint density at radius 1 is 0.981 bits per heavy atom. The Balaban J connectivity index is 1.25. The number of thiazole rings is 1. The summed E-state index contributed by atoms with van der Waals surface area (Å²) in [7, 11) is -5.77. The molecule has 1 saturated heterocycles. The molecule has 4 heterocycles. The zero-order chi connectivity index (χ0) is 38.8. The van der Waals surface area contributed by atoms with Crippen molar-refractivity contribution in [2.45, 2.75) is 56.6 Å². The second kappa shape index (κ2) is 16.1. The fourth-order valence-corrected chi connectivity index (χ4v) is 9.74. The predicted molar refractivity (Wildman–Crippen MR) is 208 cm³/mol. The number of methoxy groups -OCH3 is 1. The highest BCUT2D eigenvalue weighted by Crippen LogP contribution is 2.40. The van der Waals surface area contributed by atoms with Gasteiger partial charge in [-0.2, -0.15) is 0 Å². The molecule has 11 nitrogen and oxygen atoms in total. The maximum Gasteiger partial charge on any atom is 0.227 e. The monoisotopic (exact) mass is 796 g/mol. The molecule has 2 aromatic carbocycles. The lowest BCUT2D eigenvalue weighted by molar-refractivity contribution is 0.393. The lowest BCUT2D eigenvalue weighted by Gasteiger charge is -2.35. The predicted octanol–water partition coefficient (Wildman–Crippen LogP) is 7.75. The van der Waals surface area contributed by atoms with E-state index in [0.29, 0.717) is 46.7 Å². The van der Waals surface area contributed by atoms with Gasteiger partial charge in [0.05, 0.1) is 51.3 Å². The largest absolute Gasteiger partial charge is 0.494 e. The minimum absolute atomic E-state index is 0.0803. The topological polar surface area (TPSA) is 144 Å². The molecule has 1 N–H and O–H groups in total. The molecule has 0 bridgehead atoms. The Labute approximate surface area is 318 Å². The molecule has 0 amide bonds. The second-order valence-corrected chi connectivity index (χ2v) is 19.0. The van der Waals surface area contributed by atoms with Crippen molar-refractivity contribution in [1.82, 2.24) is 19.9 Å². The average molecular weight is 797 g/mol. The molecule has 0 spiro atoms. The number of hydrogen-bond donors (Lipinski definition) is 1. The van der Waals surface area contributed by atoms with Crippen LogP contribution in [0.3, 0.4) is 0 Å². The maximum absolute atomic E-state index is 14.4. The van der Waals surface area contributed by atoms with Crippen LogP contribution in [0.1, 0.15) is 55.3 Å². The summed E-state index contributed by atoms with van der Waals surface area (Å²) in [5.74, 6) is -1.41. The highest BCUT2D eigenvalue weighted by molar-refractivity contribution is 7.90. The van der Waals surface area contributed by atoms with E-state index in [9.17, 15) is 25.6 Å². The van der Waals surface area contributed by atoms with Gasteiger partial charge < -0.3 is 15.0 Å². The standard InChI is InChI=1S/C38H42F2N6O5S3/c1-23(2)37-45-34(26-9-14-41-27(20-26)22-54(49,50)36-28(39)7-6-8-29(36)40)35(52-37)30-10-15-42-38(43-30)44-31-19-24(3)32(21-33(31)51-4)46-16-11-25(12-17-46)13-18-53(5,47)48/h6-10,14-15,19-21,23,25H,11-13,16-18,22H2,1-5H3,(H,42,43,44). The number of halogens is 2. The molecule has 1 aliphatic heterocycles. The maximum atomic E-state index is 14.4. The van der Waals surface area contributed by atoms with E-state index in [-0.39, 0.29) is 17.4 Å². The molecule has 1 fully saturated rings. The Morgan fingerprint density at radius 2 is 1.69 bits per heavy atom. The first kappa shape index (κ1) is 39.2. The van der Waals surface area contributed by atoms with Crippen LogP contribution in [-0.2, 0) is 25.4 Å². The van der Waals surface area contributed by atoms with Gasteiger partial charge in [-0.1, -0.05) is 19.9 Å². The summed E-state index contributed by atoms with van der Waals surface area (Å²) in [6.07, 6.45) is 6.90. The smallest absolute Gasteiger partial charge is 0.227 e. The molecular formula is C38H42F2N6O5S3. The van der Waals surface area contributed by atoms with Crippen LogP contribution in [0.4, 0.5) is 26.1 Å². The number of aryl methyl sites for hydroxylation is 1. The lowest BCUT2D eigenvalue weighted by Crippen LogP contribution is -2.34. The minimum atomic E-state index is -4.40. The number of hydrogen-bond acceptors (Lipinski definition) is 12.